The quantitative estimate of drug-likeness (QED) is 0.273. The second-order valence-corrected chi connectivity index (χ2v) is 8.34. The van der Waals surface area contributed by atoms with Crippen molar-refractivity contribution >= 4 is 28.0 Å². The molecule has 0 aliphatic carbocycles. The SMILES string of the molecule is COc1ccc(C=Nc2oc(-c3ccc(C)cc3)c(-c3ccc(C)cc3)c2C#N)cc1Br. The van der Waals surface area contributed by atoms with Gasteiger partial charge in [-0.25, -0.2) is 4.99 Å². The number of nitriles is 1. The minimum Gasteiger partial charge on any atom is -0.496 e. The van der Waals surface area contributed by atoms with E-state index in [4.69, 9.17) is 9.15 Å². The molecule has 4 aromatic rings. The lowest BCUT2D eigenvalue weighted by molar-refractivity contribution is 0.412. The molecule has 0 bridgehead atoms. The summed E-state index contributed by atoms with van der Waals surface area (Å²) in [5, 5.41) is 10.0. The highest BCUT2D eigenvalue weighted by molar-refractivity contribution is 9.10. The summed E-state index contributed by atoms with van der Waals surface area (Å²) in [6, 6.07) is 24.1. The zero-order chi connectivity index (χ0) is 22.7. The normalized spacial score (nSPS) is 11.0. The molecule has 1 heterocycles. The number of aliphatic imine (C=N–C) groups is 1. The van der Waals surface area contributed by atoms with Gasteiger partial charge in [-0.3, -0.25) is 0 Å². The van der Waals surface area contributed by atoms with Crippen LogP contribution in [0.5, 0.6) is 5.75 Å². The Morgan fingerprint density at radius 1 is 0.938 bits per heavy atom. The number of halogens is 1. The number of rotatable bonds is 5. The third-order valence-corrected chi connectivity index (χ3v) is 5.78. The first kappa shape index (κ1) is 21.6. The Labute approximate surface area is 195 Å². The molecular weight excluding hydrogens is 464 g/mol. The Hall–Kier alpha value is -3.62. The van der Waals surface area contributed by atoms with Crippen LogP contribution in [0.25, 0.3) is 22.5 Å². The highest BCUT2D eigenvalue weighted by Gasteiger charge is 2.22. The molecule has 0 aliphatic heterocycles. The summed E-state index contributed by atoms with van der Waals surface area (Å²) >= 11 is 3.49. The van der Waals surface area contributed by atoms with Gasteiger partial charge < -0.3 is 9.15 Å². The fourth-order valence-electron chi connectivity index (χ4n) is 3.41. The summed E-state index contributed by atoms with van der Waals surface area (Å²) in [4.78, 5) is 4.54. The highest BCUT2D eigenvalue weighted by Crippen LogP contribution is 2.42. The topological polar surface area (TPSA) is 58.5 Å². The van der Waals surface area contributed by atoms with Gasteiger partial charge in [-0.2, -0.15) is 5.26 Å². The maximum absolute atomic E-state index is 10.0. The Kier molecular flexibility index (Phi) is 6.25. The molecule has 4 nitrogen and oxygen atoms in total. The highest BCUT2D eigenvalue weighted by atomic mass is 79.9. The minimum absolute atomic E-state index is 0.283. The van der Waals surface area contributed by atoms with Gasteiger partial charge in [-0.15, -0.1) is 0 Å². The Morgan fingerprint density at radius 2 is 1.56 bits per heavy atom. The first-order chi connectivity index (χ1) is 15.5. The first-order valence-corrected chi connectivity index (χ1v) is 10.9. The number of benzene rings is 3. The van der Waals surface area contributed by atoms with E-state index in [0.717, 1.165) is 43.6 Å². The van der Waals surface area contributed by atoms with Crippen LogP contribution in [0.2, 0.25) is 0 Å². The number of aryl methyl sites for hydroxylation is 2. The van der Waals surface area contributed by atoms with Crippen LogP contribution in [0.3, 0.4) is 0 Å². The lowest BCUT2D eigenvalue weighted by atomic mass is 9.97. The third kappa shape index (κ3) is 4.37. The van der Waals surface area contributed by atoms with Crippen molar-refractivity contribution in [2.45, 2.75) is 13.8 Å². The minimum atomic E-state index is 0.283. The van der Waals surface area contributed by atoms with Crippen molar-refractivity contribution in [3.8, 4) is 34.3 Å². The van der Waals surface area contributed by atoms with Crippen molar-refractivity contribution in [2.24, 2.45) is 4.99 Å². The number of hydrogen-bond donors (Lipinski definition) is 0. The Balaban J connectivity index is 1.85. The van der Waals surface area contributed by atoms with Crippen molar-refractivity contribution in [1.82, 2.24) is 0 Å². The fraction of sp³-hybridized carbons (Fsp3) is 0.111. The van der Waals surface area contributed by atoms with Gasteiger partial charge in [-0.05, 0) is 59.1 Å². The molecule has 0 amide bonds. The van der Waals surface area contributed by atoms with Crippen LogP contribution in [0, 0.1) is 25.2 Å². The predicted molar refractivity (Wildman–Crippen MR) is 132 cm³/mol. The number of nitrogens with zero attached hydrogens (tertiary/aromatic N) is 2. The Bertz CT molecular complexity index is 1330. The van der Waals surface area contributed by atoms with Crippen molar-refractivity contribution in [1.29, 1.82) is 5.26 Å². The third-order valence-electron chi connectivity index (χ3n) is 5.16. The standard InChI is InChI=1S/C27H21BrN2O2/c1-17-4-9-20(10-5-17)25-22(15-29)27(32-26(25)21-11-6-18(2)7-12-21)30-16-19-8-13-24(31-3)23(28)14-19/h4-14,16H,1-3H3. The first-order valence-electron chi connectivity index (χ1n) is 10.1. The molecular formula is C27H21BrN2O2. The summed E-state index contributed by atoms with van der Waals surface area (Å²) in [5.74, 6) is 1.65. The number of methoxy groups -OCH3 is 1. The monoisotopic (exact) mass is 484 g/mol. The van der Waals surface area contributed by atoms with E-state index in [1.807, 2.05) is 80.6 Å². The summed E-state index contributed by atoms with van der Waals surface area (Å²) in [7, 11) is 1.62. The molecule has 0 fully saturated rings. The van der Waals surface area contributed by atoms with Crippen molar-refractivity contribution in [3.63, 3.8) is 0 Å². The fourth-order valence-corrected chi connectivity index (χ4v) is 3.97. The van der Waals surface area contributed by atoms with E-state index >= 15 is 0 Å². The van der Waals surface area contributed by atoms with E-state index in [-0.39, 0.29) is 5.88 Å². The zero-order valence-corrected chi connectivity index (χ0v) is 19.6. The van der Waals surface area contributed by atoms with E-state index in [2.05, 4.69) is 27.0 Å². The van der Waals surface area contributed by atoms with Crippen LogP contribution in [0.15, 0.2) is 80.6 Å². The van der Waals surface area contributed by atoms with Crippen LogP contribution < -0.4 is 4.74 Å². The lowest BCUT2D eigenvalue weighted by Crippen LogP contribution is -1.87. The number of hydrogen-bond acceptors (Lipinski definition) is 4. The predicted octanol–water partition coefficient (Wildman–Crippen LogP) is 7.62. The average Bonchev–Trinajstić information content (AvgIpc) is 3.17. The zero-order valence-electron chi connectivity index (χ0n) is 18.0. The van der Waals surface area contributed by atoms with Crippen LogP contribution >= 0.6 is 15.9 Å². The summed E-state index contributed by atoms with van der Waals surface area (Å²) in [6.45, 7) is 4.07. The van der Waals surface area contributed by atoms with Gasteiger partial charge in [0.1, 0.15) is 23.1 Å². The van der Waals surface area contributed by atoms with Crippen LogP contribution in [0.1, 0.15) is 22.3 Å². The maximum Gasteiger partial charge on any atom is 0.238 e. The molecule has 0 spiro atoms. The van der Waals surface area contributed by atoms with Gasteiger partial charge in [0.15, 0.2) is 0 Å². The molecule has 32 heavy (non-hydrogen) atoms. The van der Waals surface area contributed by atoms with Gasteiger partial charge in [0.05, 0.1) is 11.6 Å². The van der Waals surface area contributed by atoms with Crippen LogP contribution in [-0.2, 0) is 0 Å². The van der Waals surface area contributed by atoms with E-state index < -0.39 is 0 Å². The second-order valence-electron chi connectivity index (χ2n) is 7.48. The van der Waals surface area contributed by atoms with Gasteiger partial charge >= 0.3 is 0 Å². The molecule has 0 aliphatic rings. The summed E-state index contributed by atoms with van der Waals surface area (Å²) in [6.07, 6.45) is 1.68. The molecule has 0 saturated heterocycles. The van der Waals surface area contributed by atoms with Gasteiger partial charge in [0.2, 0.25) is 5.88 Å². The molecule has 1 aromatic heterocycles. The molecule has 4 rings (SSSR count). The van der Waals surface area contributed by atoms with Crippen LogP contribution in [0.4, 0.5) is 5.88 Å². The molecule has 158 valence electrons. The Morgan fingerprint density at radius 3 is 2.12 bits per heavy atom. The van der Waals surface area contributed by atoms with E-state index in [9.17, 15) is 5.26 Å². The van der Waals surface area contributed by atoms with Crippen molar-refractivity contribution in [2.75, 3.05) is 7.11 Å². The molecule has 5 heteroatoms. The van der Waals surface area contributed by atoms with E-state index in [1.54, 1.807) is 13.3 Å². The van der Waals surface area contributed by atoms with E-state index in [1.165, 1.54) is 0 Å². The van der Waals surface area contributed by atoms with Gasteiger partial charge in [0.25, 0.3) is 0 Å². The smallest absolute Gasteiger partial charge is 0.238 e. The molecule has 3 aromatic carbocycles. The lowest BCUT2D eigenvalue weighted by Gasteiger charge is -2.05. The summed E-state index contributed by atoms with van der Waals surface area (Å²) < 4.78 is 12.3. The van der Waals surface area contributed by atoms with Gasteiger partial charge in [0, 0.05) is 17.3 Å². The molecule has 0 saturated carbocycles. The van der Waals surface area contributed by atoms with Gasteiger partial charge in [-0.1, -0.05) is 59.7 Å². The largest absolute Gasteiger partial charge is 0.496 e. The summed E-state index contributed by atoms with van der Waals surface area (Å²) in [5.41, 5.74) is 6.13. The molecule has 0 unspecified atom stereocenters. The molecule has 0 atom stereocenters. The maximum atomic E-state index is 10.0. The van der Waals surface area contributed by atoms with Crippen molar-refractivity contribution < 1.29 is 9.15 Å². The second kappa shape index (κ2) is 9.25. The molecule has 0 radical (unpaired) electrons. The number of ether oxygens (including phenoxy) is 1. The van der Waals surface area contributed by atoms with E-state index in [0.29, 0.717) is 11.3 Å². The van der Waals surface area contributed by atoms with Crippen LogP contribution in [-0.4, -0.2) is 13.3 Å². The molecule has 0 N–H and O–H groups in total. The average molecular weight is 485 g/mol. The number of furan rings is 1. The van der Waals surface area contributed by atoms with Crippen molar-refractivity contribution in [3.05, 3.63) is 93.5 Å².